The van der Waals surface area contributed by atoms with Crippen LogP contribution in [-0.4, -0.2) is 30.0 Å². The van der Waals surface area contributed by atoms with Gasteiger partial charge in [0, 0.05) is 30.6 Å². The van der Waals surface area contributed by atoms with Crippen LogP contribution in [0.4, 0.5) is 0 Å². The highest BCUT2D eigenvalue weighted by Crippen LogP contribution is 2.25. The molecule has 6 heteroatoms. The molecule has 0 spiro atoms. The summed E-state index contributed by atoms with van der Waals surface area (Å²) in [5, 5.41) is 0. The second kappa shape index (κ2) is 9.41. The lowest BCUT2D eigenvalue weighted by Crippen LogP contribution is -2.28. The van der Waals surface area contributed by atoms with Crippen molar-refractivity contribution in [3.05, 3.63) is 84.1 Å². The third-order valence-electron chi connectivity index (χ3n) is 4.18. The SMILES string of the molecule is COc1ccc(OC)c(/C=C/C(=O)N(Cc2cccnc2)Cc2ccco2)c1. The molecule has 0 aliphatic heterocycles. The molecule has 1 aromatic carbocycles. The standard InChI is InChI=1S/C22H22N2O4/c1-26-19-8-9-21(27-2)18(13-19)7-10-22(25)24(16-20-6-4-12-28-20)15-17-5-3-11-23-14-17/h3-14H,15-16H2,1-2H3/b10-7+. The first-order valence-corrected chi connectivity index (χ1v) is 8.80. The zero-order valence-corrected chi connectivity index (χ0v) is 15.9. The van der Waals surface area contributed by atoms with E-state index in [2.05, 4.69) is 4.98 Å². The quantitative estimate of drug-likeness (QED) is 0.556. The monoisotopic (exact) mass is 378 g/mol. The topological polar surface area (TPSA) is 64.8 Å². The summed E-state index contributed by atoms with van der Waals surface area (Å²) in [6.45, 7) is 0.785. The predicted octanol–water partition coefficient (Wildman–Crippen LogP) is 3.93. The molecule has 0 atom stereocenters. The lowest BCUT2D eigenvalue weighted by atomic mass is 10.1. The van der Waals surface area contributed by atoms with Gasteiger partial charge in [0.1, 0.15) is 17.3 Å². The Hall–Kier alpha value is -3.54. The summed E-state index contributed by atoms with van der Waals surface area (Å²) >= 11 is 0. The van der Waals surface area contributed by atoms with E-state index in [0.717, 1.165) is 11.1 Å². The minimum atomic E-state index is -0.148. The molecular weight excluding hydrogens is 356 g/mol. The number of aromatic nitrogens is 1. The molecule has 0 radical (unpaired) electrons. The number of amides is 1. The third kappa shape index (κ3) is 5.01. The summed E-state index contributed by atoms with van der Waals surface area (Å²) in [5.74, 6) is 1.92. The van der Waals surface area contributed by atoms with E-state index in [1.54, 1.807) is 56.0 Å². The molecule has 1 amide bonds. The molecule has 0 bridgehead atoms. The Kier molecular flexibility index (Phi) is 6.46. The van der Waals surface area contributed by atoms with Crippen LogP contribution in [0.5, 0.6) is 11.5 Å². The van der Waals surface area contributed by atoms with Gasteiger partial charge in [0.05, 0.1) is 27.0 Å². The molecule has 2 heterocycles. The van der Waals surface area contributed by atoms with Gasteiger partial charge in [0.25, 0.3) is 0 Å². The van der Waals surface area contributed by atoms with Crippen molar-refractivity contribution in [2.24, 2.45) is 0 Å². The average Bonchev–Trinajstić information content (AvgIpc) is 3.25. The van der Waals surface area contributed by atoms with Crippen LogP contribution in [0.15, 0.2) is 71.6 Å². The Morgan fingerprint density at radius 3 is 2.71 bits per heavy atom. The first kappa shape index (κ1) is 19.2. The molecule has 144 valence electrons. The van der Waals surface area contributed by atoms with E-state index in [0.29, 0.717) is 30.3 Å². The number of methoxy groups -OCH3 is 2. The summed E-state index contributed by atoms with van der Waals surface area (Å²) in [6.07, 6.45) is 8.30. The second-order valence-electron chi connectivity index (χ2n) is 6.08. The molecule has 3 rings (SSSR count). The van der Waals surface area contributed by atoms with Crippen LogP contribution in [0, 0.1) is 0 Å². The zero-order chi connectivity index (χ0) is 19.8. The first-order valence-electron chi connectivity index (χ1n) is 8.80. The van der Waals surface area contributed by atoms with Crippen molar-refractivity contribution in [2.45, 2.75) is 13.1 Å². The van der Waals surface area contributed by atoms with Gasteiger partial charge in [-0.2, -0.15) is 0 Å². The van der Waals surface area contributed by atoms with Crippen LogP contribution in [-0.2, 0) is 17.9 Å². The van der Waals surface area contributed by atoms with Crippen molar-refractivity contribution in [2.75, 3.05) is 14.2 Å². The highest BCUT2D eigenvalue weighted by atomic mass is 16.5. The van der Waals surface area contributed by atoms with Crippen molar-refractivity contribution < 1.29 is 18.7 Å². The normalized spacial score (nSPS) is 10.8. The van der Waals surface area contributed by atoms with Gasteiger partial charge in [-0.05, 0) is 48.0 Å². The number of hydrogen-bond donors (Lipinski definition) is 0. The molecule has 0 saturated carbocycles. The lowest BCUT2D eigenvalue weighted by Gasteiger charge is -2.20. The minimum absolute atomic E-state index is 0.148. The average molecular weight is 378 g/mol. The van der Waals surface area contributed by atoms with Crippen LogP contribution in [0.1, 0.15) is 16.9 Å². The molecular formula is C22H22N2O4. The van der Waals surface area contributed by atoms with E-state index in [1.165, 1.54) is 6.08 Å². The number of carbonyl (C=O) groups is 1. The number of carbonyl (C=O) groups excluding carboxylic acids is 1. The van der Waals surface area contributed by atoms with E-state index < -0.39 is 0 Å². The third-order valence-corrected chi connectivity index (χ3v) is 4.18. The Morgan fingerprint density at radius 2 is 2.04 bits per heavy atom. The van der Waals surface area contributed by atoms with Crippen molar-refractivity contribution in [1.82, 2.24) is 9.88 Å². The van der Waals surface area contributed by atoms with Gasteiger partial charge in [0.15, 0.2) is 0 Å². The van der Waals surface area contributed by atoms with Gasteiger partial charge in [-0.25, -0.2) is 0 Å². The maximum Gasteiger partial charge on any atom is 0.247 e. The number of hydrogen-bond acceptors (Lipinski definition) is 5. The number of ether oxygens (including phenoxy) is 2. The van der Waals surface area contributed by atoms with E-state index >= 15 is 0 Å². The fourth-order valence-electron chi connectivity index (χ4n) is 2.75. The largest absolute Gasteiger partial charge is 0.497 e. The first-order chi connectivity index (χ1) is 13.7. The summed E-state index contributed by atoms with van der Waals surface area (Å²) in [5.41, 5.74) is 1.70. The summed E-state index contributed by atoms with van der Waals surface area (Å²) in [6, 6.07) is 12.9. The molecule has 0 aliphatic rings. The molecule has 28 heavy (non-hydrogen) atoms. The van der Waals surface area contributed by atoms with Crippen molar-refractivity contribution >= 4 is 12.0 Å². The number of nitrogens with zero attached hydrogens (tertiary/aromatic N) is 2. The highest BCUT2D eigenvalue weighted by Gasteiger charge is 2.14. The summed E-state index contributed by atoms with van der Waals surface area (Å²) < 4.78 is 16.0. The highest BCUT2D eigenvalue weighted by molar-refractivity contribution is 5.92. The van der Waals surface area contributed by atoms with Crippen LogP contribution >= 0.6 is 0 Å². The minimum Gasteiger partial charge on any atom is -0.497 e. The maximum atomic E-state index is 12.9. The molecule has 0 saturated heterocycles. The molecule has 0 aliphatic carbocycles. The smallest absolute Gasteiger partial charge is 0.247 e. The molecule has 0 unspecified atom stereocenters. The molecule has 6 nitrogen and oxygen atoms in total. The number of benzene rings is 1. The maximum absolute atomic E-state index is 12.9. The Bertz CT molecular complexity index is 921. The molecule has 0 N–H and O–H groups in total. The van der Waals surface area contributed by atoms with Gasteiger partial charge in [0.2, 0.25) is 5.91 Å². The van der Waals surface area contributed by atoms with Gasteiger partial charge in [-0.3, -0.25) is 9.78 Å². The number of pyridine rings is 1. The number of furan rings is 1. The van der Waals surface area contributed by atoms with Gasteiger partial charge in [-0.15, -0.1) is 0 Å². The number of rotatable bonds is 8. The van der Waals surface area contributed by atoms with Crippen LogP contribution < -0.4 is 9.47 Å². The molecule has 0 fully saturated rings. The molecule has 3 aromatic rings. The van der Waals surface area contributed by atoms with E-state index in [9.17, 15) is 4.79 Å². The van der Waals surface area contributed by atoms with E-state index in [-0.39, 0.29) is 5.91 Å². The Labute approximate surface area is 164 Å². The van der Waals surface area contributed by atoms with Gasteiger partial charge >= 0.3 is 0 Å². The fourth-order valence-corrected chi connectivity index (χ4v) is 2.75. The summed E-state index contributed by atoms with van der Waals surface area (Å²) in [4.78, 5) is 18.7. The lowest BCUT2D eigenvalue weighted by molar-refractivity contribution is -0.127. The second-order valence-corrected chi connectivity index (χ2v) is 6.08. The van der Waals surface area contributed by atoms with Crippen LogP contribution in [0.25, 0.3) is 6.08 Å². The van der Waals surface area contributed by atoms with Crippen LogP contribution in [0.3, 0.4) is 0 Å². The fraction of sp³-hybridized carbons (Fsp3) is 0.182. The van der Waals surface area contributed by atoms with Gasteiger partial charge in [-0.1, -0.05) is 6.07 Å². The predicted molar refractivity (Wildman–Crippen MR) is 106 cm³/mol. The van der Waals surface area contributed by atoms with Crippen molar-refractivity contribution in [1.29, 1.82) is 0 Å². The zero-order valence-electron chi connectivity index (χ0n) is 15.9. The van der Waals surface area contributed by atoms with Crippen LogP contribution in [0.2, 0.25) is 0 Å². The van der Waals surface area contributed by atoms with E-state index in [1.807, 2.05) is 30.3 Å². The Morgan fingerprint density at radius 1 is 1.14 bits per heavy atom. The van der Waals surface area contributed by atoms with Crippen molar-refractivity contribution in [3.8, 4) is 11.5 Å². The summed E-state index contributed by atoms with van der Waals surface area (Å²) in [7, 11) is 3.19. The van der Waals surface area contributed by atoms with Crippen molar-refractivity contribution in [3.63, 3.8) is 0 Å². The Balaban J connectivity index is 1.81. The van der Waals surface area contributed by atoms with E-state index in [4.69, 9.17) is 13.9 Å². The molecule has 2 aromatic heterocycles. The van der Waals surface area contributed by atoms with Gasteiger partial charge < -0.3 is 18.8 Å².